The van der Waals surface area contributed by atoms with E-state index in [1.165, 1.54) is 0 Å². The lowest BCUT2D eigenvalue weighted by Crippen LogP contribution is -2.39. The number of aromatic nitrogens is 1. The molecule has 3 rings (SSSR count). The maximum absolute atomic E-state index is 13.4. The summed E-state index contributed by atoms with van der Waals surface area (Å²) in [7, 11) is 1.58. The van der Waals surface area contributed by atoms with Crippen LogP contribution in [0.3, 0.4) is 0 Å². The van der Waals surface area contributed by atoms with Gasteiger partial charge in [0.15, 0.2) is 11.5 Å². The summed E-state index contributed by atoms with van der Waals surface area (Å²) in [6.45, 7) is 2.77. The summed E-state index contributed by atoms with van der Waals surface area (Å²) < 4.78 is 11.3. The Morgan fingerprint density at radius 2 is 2.00 bits per heavy atom. The molecule has 8 nitrogen and oxygen atoms in total. The number of piperidine rings is 1. The van der Waals surface area contributed by atoms with E-state index in [0.717, 1.165) is 31.9 Å². The first-order chi connectivity index (χ1) is 15.0. The van der Waals surface area contributed by atoms with Gasteiger partial charge >= 0.3 is 0 Å². The van der Waals surface area contributed by atoms with E-state index < -0.39 is 5.97 Å². The van der Waals surface area contributed by atoms with Gasteiger partial charge in [0, 0.05) is 19.7 Å². The molecule has 1 aliphatic rings. The zero-order chi connectivity index (χ0) is 22.6. The van der Waals surface area contributed by atoms with E-state index in [1.54, 1.807) is 25.4 Å². The van der Waals surface area contributed by atoms with Crippen molar-refractivity contribution < 1.29 is 24.2 Å². The molecule has 1 saturated heterocycles. The molecule has 8 heteroatoms. The van der Waals surface area contributed by atoms with Crippen molar-refractivity contribution in [3.05, 3.63) is 53.9 Å². The van der Waals surface area contributed by atoms with E-state index >= 15 is 0 Å². The number of para-hydroxylation sites is 1. The molecule has 2 heterocycles. The van der Waals surface area contributed by atoms with E-state index in [1.807, 2.05) is 29.2 Å². The lowest BCUT2D eigenvalue weighted by atomic mass is 9.97. The molecule has 0 spiro atoms. The minimum Gasteiger partial charge on any atom is -0.493 e. The molecule has 1 fully saturated rings. The number of methoxy groups -OCH3 is 1. The van der Waals surface area contributed by atoms with Gasteiger partial charge in [0.1, 0.15) is 0 Å². The Morgan fingerprint density at radius 3 is 2.65 bits per heavy atom. The molecule has 2 aromatic rings. The number of rotatable bonds is 7. The molecule has 0 aliphatic carbocycles. The van der Waals surface area contributed by atoms with Gasteiger partial charge in [-0.2, -0.15) is 0 Å². The molecule has 0 saturated carbocycles. The van der Waals surface area contributed by atoms with Crippen LogP contribution in [0.5, 0.6) is 11.5 Å². The van der Waals surface area contributed by atoms with Gasteiger partial charge in [-0.3, -0.25) is 14.6 Å². The normalized spacial score (nSPS) is 15.5. The Kier molecular flexibility index (Phi) is 9.77. The van der Waals surface area contributed by atoms with Crippen molar-refractivity contribution in [1.82, 2.24) is 9.88 Å². The third kappa shape index (κ3) is 6.96. The van der Waals surface area contributed by atoms with Gasteiger partial charge in [0.25, 0.3) is 11.9 Å². The number of carbonyl (C=O) groups excluding carboxylic acids is 1. The van der Waals surface area contributed by atoms with Crippen molar-refractivity contribution in [2.75, 3.05) is 26.8 Å². The van der Waals surface area contributed by atoms with Crippen molar-refractivity contribution in [2.45, 2.75) is 38.6 Å². The van der Waals surface area contributed by atoms with Crippen LogP contribution in [0.4, 0.5) is 0 Å². The monoisotopic (exact) mass is 429 g/mol. The zero-order valence-electron chi connectivity index (χ0n) is 18.1. The SMILES string of the molecule is CC(=O)O.COc1cccc(C(=O)N2CCCCC2c2ccccn2)c1OCCCN. The number of carbonyl (C=O) groups is 2. The van der Waals surface area contributed by atoms with Crippen LogP contribution < -0.4 is 15.2 Å². The molecule has 0 bridgehead atoms. The maximum atomic E-state index is 13.4. The number of ether oxygens (including phenoxy) is 2. The van der Waals surface area contributed by atoms with Gasteiger partial charge in [-0.25, -0.2) is 0 Å². The van der Waals surface area contributed by atoms with Crippen LogP contribution in [-0.4, -0.2) is 53.7 Å². The molecule has 1 aliphatic heterocycles. The van der Waals surface area contributed by atoms with E-state index in [-0.39, 0.29) is 11.9 Å². The number of hydrogen-bond donors (Lipinski definition) is 2. The van der Waals surface area contributed by atoms with Crippen molar-refractivity contribution in [3.8, 4) is 11.5 Å². The molecular weight excluding hydrogens is 398 g/mol. The van der Waals surface area contributed by atoms with Crippen LogP contribution in [0.15, 0.2) is 42.6 Å². The van der Waals surface area contributed by atoms with Gasteiger partial charge in [0.2, 0.25) is 0 Å². The number of pyridine rings is 1. The van der Waals surface area contributed by atoms with Crippen LogP contribution >= 0.6 is 0 Å². The Morgan fingerprint density at radius 1 is 1.23 bits per heavy atom. The highest BCUT2D eigenvalue weighted by atomic mass is 16.5. The summed E-state index contributed by atoms with van der Waals surface area (Å²) in [4.78, 5) is 28.8. The lowest BCUT2D eigenvalue weighted by Gasteiger charge is -2.35. The number of aliphatic carboxylic acids is 1. The molecule has 1 atom stereocenters. The number of nitrogens with zero attached hydrogens (tertiary/aromatic N) is 2. The highest BCUT2D eigenvalue weighted by molar-refractivity contribution is 5.98. The largest absolute Gasteiger partial charge is 0.493 e. The molecule has 1 amide bonds. The fourth-order valence-corrected chi connectivity index (χ4v) is 3.46. The second kappa shape index (κ2) is 12.5. The smallest absolute Gasteiger partial charge is 0.300 e. The predicted octanol–water partition coefficient (Wildman–Crippen LogP) is 3.28. The van der Waals surface area contributed by atoms with Crippen LogP contribution in [-0.2, 0) is 4.79 Å². The van der Waals surface area contributed by atoms with Crippen LogP contribution in [0.1, 0.15) is 54.7 Å². The Hall–Kier alpha value is -3.13. The highest BCUT2D eigenvalue weighted by Gasteiger charge is 2.31. The standard InChI is InChI=1S/C21H27N3O3.C2H4O2/c1-26-19-11-6-8-16(20(19)27-15-7-12-22)21(25)24-14-5-3-10-18(24)17-9-2-4-13-23-17;1-2(3)4/h2,4,6,8-9,11,13,18H,3,5,7,10,12,14-15,22H2,1H3;1H3,(H,3,4). The van der Waals surface area contributed by atoms with Gasteiger partial charge in [-0.15, -0.1) is 0 Å². The first kappa shape index (κ1) is 24.1. The van der Waals surface area contributed by atoms with Crippen molar-refractivity contribution >= 4 is 11.9 Å². The summed E-state index contributed by atoms with van der Waals surface area (Å²) in [6.07, 6.45) is 5.48. The zero-order valence-corrected chi connectivity index (χ0v) is 18.1. The summed E-state index contributed by atoms with van der Waals surface area (Å²) in [5.74, 6) is 0.167. The van der Waals surface area contributed by atoms with Crippen LogP contribution in [0.2, 0.25) is 0 Å². The number of amides is 1. The van der Waals surface area contributed by atoms with E-state index in [0.29, 0.717) is 43.2 Å². The summed E-state index contributed by atoms with van der Waals surface area (Å²) in [6, 6.07) is 11.3. The van der Waals surface area contributed by atoms with Crippen molar-refractivity contribution in [2.24, 2.45) is 5.73 Å². The Balaban J connectivity index is 0.000000785. The first-order valence-electron chi connectivity index (χ1n) is 10.4. The summed E-state index contributed by atoms with van der Waals surface area (Å²) in [5.41, 5.74) is 7.02. The lowest BCUT2D eigenvalue weighted by molar-refractivity contribution is -0.134. The molecule has 0 radical (unpaired) electrons. The minimum absolute atomic E-state index is 0.0180. The van der Waals surface area contributed by atoms with Crippen LogP contribution in [0, 0.1) is 0 Å². The van der Waals surface area contributed by atoms with E-state index in [9.17, 15) is 4.79 Å². The number of carboxylic acid groups (broad SMARTS) is 1. The number of likely N-dealkylation sites (tertiary alicyclic amines) is 1. The maximum Gasteiger partial charge on any atom is 0.300 e. The average Bonchev–Trinajstić information content (AvgIpc) is 2.79. The molecule has 1 aromatic heterocycles. The average molecular weight is 430 g/mol. The molecule has 3 N–H and O–H groups in total. The molecular formula is C23H31N3O5. The third-order valence-corrected chi connectivity index (χ3v) is 4.82. The van der Waals surface area contributed by atoms with Gasteiger partial charge in [-0.1, -0.05) is 12.1 Å². The molecule has 168 valence electrons. The van der Waals surface area contributed by atoms with Gasteiger partial charge in [-0.05, 0) is 56.5 Å². The number of benzene rings is 1. The molecule has 1 aromatic carbocycles. The number of nitrogens with two attached hydrogens (primary N) is 1. The fraction of sp³-hybridized carbons (Fsp3) is 0.435. The van der Waals surface area contributed by atoms with E-state index in [4.69, 9.17) is 25.1 Å². The molecule has 31 heavy (non-hydrogen) atoms. The second-order valence-electron chi connectivity index (χ2n) is 7.11. The number of hydrogen-bond acceptors (Lipinski definition) is 6. The highest BCUT2D eigenvalue weighted by Crippen LogP contribution is 2.36. The van der Waals surface area contributed by atoms with Crippen LogP contribution in [0.25, 0.3) is 0 Å². The van der Waals surface area contributed by atoms with E-state index in [2.05, 4.69) is 4.98 Å². The second-order valence-corrected chi connectivity index (χ2v) is 7.11. The first-order valence-corrected chi connectivity index (χ1v) is 10.4. The quantitative estimate of drug-likeness (QED) is 0.649. The predicted molar refractivity (Wildman–Crippen MR) is 117 cm³/mol. The fourth-order valence-electron chi connectivity index (χ4n) is 3.46. The van der Waals surface area contributed by atoms with Crippen molar-refractivity contribution in [1.29, 1.82) is 0 Å². The van der Waals surface area contributed by atoms with Crippen molar-refractivity contribution in [3.63, 3.8) is 0 Å². The summed E-state index contributed by atoms with van der Waals surface area (Å²) >= 11 is 0. The molecule has 1 unspecified atom stereocenters. The summed E-state index contributed by atoms with van der Waals surface area (Å²) in [5, 5.41) is 7.42. The topological polar surface area (TPSA) is 115 Å². The number of carboxylic acids is 1. The van der Waals surface area contributed by atoms with Gasteiger partial charge < -0.3 is 25.2 Å². The van der Waals surface area contributed by atoms with Gasteiger partial charge in [0.05, 0.1) is 31.0 Å². The Labute approximate surface area is 183 Å². The third-order valence-electron chi connectivity index (χ3n) is 4.82. The minimum atomic E-state index is -0.833. The Bertz CT molecular complexity index is 840.